The molecule has 1 heterocycles. The van der Waals surface area contributed by atoms with Gasteiger partial charge in [-0.2, -0.15) is 9.97 Å². The number of benzene rings is 2. The summed E-state index contributed by atoms with van der Waals surface area (Å²) in [6.07, 6.45) is 0. The van der Waals surface area contributed by atoms with Crippen LogP contribution in [0.5, 0.6) is 5.75 Å². The average molecular weight is 441 g/mol. The molecule has 168 valence electrons. The van der Waals surface area contributed by atoms with Crippen molar-refractivity contribution in [1.82, 2.24) is 14.9 Å². The maximum Gasteiger partial charge on any atom is 0.353 e. The summed E-state index contributed by atoms with van der Waals surface area (Å²) < 4.78 is 18.7. The molecule has 11 heteroatoms. The monoisotopic (exact) mass is 441 g/mol. The summed E-state index contributed by atoms with van der Waals surface area (Å²) in [6, 6.07) is 12.9. The van der Waals surface area contributed by atoms with Crippen molar-refractivity contribution in [1.29, 1.82) is 0 Å². The molecule has 0 saturated heterocycles. The number of nitrogens with one attached hydrogen (secondary N) is 2. The number of nitrogens with two attached hydrogens (primary N) is 1. The molecule has 0 radical (unpaired) electrons. The number of anilines is 4. The van der Waals surface area contributed by atoms with Gasteiger partial charge in [0.2, 0.25) is 17.6 Å². The molecular formula is C21H24FN7O3. The number of likely N-dealkylation sites (N-methyl/N-ethyl adjacent to an activating group) is 1. The third-order valence-electron chi connectivity index (χ3n) is 4.78. The zero-order chi connectivity index (χ0) is 23.3. The number of nitrogen functional groups attached to an aromatic ring is 1. The predicted octanol–water partition coefficient (Wildman–Crippen LogP) is 3.57. The summed E-state index contributed by atoms with van der Waals surface area (Å²) in [6.45, 7) is 0.376. The first-order valence-corrected chi connectivity index (χ1v) is 9.68. The van der Waals surface area contributed by atoms with Gasteiger partial charge < -0.3 is 26.0 Å². The highest BCUT2D eigenvalue weighted by molar-refractivity contribution is 5.74. The van der Waals surface area contributed by atoms with Crippen molar-refractivity contribution >= 4 is 29.0 Å². The molecule has 1 atom stereocenters. The highest BCUT2D eigenvalue weighted by atomic mass is 19.1. The topological polar surface area (TPSA) is 131 Å². The van der Waals surface area contributed by atoms with E-state index in [1.54, 1.807) is 7.11 Å². The lowest BCUT2D eigenvalue weighted by Crippen LogP contribution is -2.28. The molecule has 0 aliphatic carbocycles. The molecule has 0 saturated carbocycles. The van der Waals surface area contributed by atoms with E-state index in [2.05, 4.69) is 20.6 Å². The standard InChI is InChI=1S/C21H24FN7O3/c1-28(2)16(15-6-4-5-7-17(15)32-3)12-24-21-26-19(23)18(29(30)31)20(27-21)25-14-10-8-13(22)9-11-14/h4-11,16H,12H2,1-3H3,(H4,23,24,25,26,27). The number of hydrogen-bond donors (Lipinski definition) is 3. The second-order valence-electron chi connectivity index (χ2n) is 7.12. The summed E-state index contributed by atoms with van der Waals surface area (Å²) in [5.41, 5.74) is 6.76. The summed E-state index contributed by atoms with van der Waals surface area (Å²) in [4.78, 5) is 21.1. The van der Waals surface area contributed by atoms with Crippen molar-refractivity contribution in [3.05, 3.63) is 70.0 Å². The molecule has 32 heavy (non-hydrogen) atoms. The van der Waals surface area contributed by atoms with Gasteiger partial charge >= 0.3 is 5.69 Å². The van der Waals surface area contributed by atoms with Gasteiger partial charge in [-0.3, -0.25) is 10.1 Å². The lowest BCUT2D eigenvalue weighted by molar-refractivity contribution is -0.383. The van der Waals surface area contributed by atoms with Gasteiger partial charge in [0.05, 0.1) is 18.1 Å². The molecule has 0 bridgehead atoms. The molecule has 3 rings (SSSR count). The van der Waals surface area contributed by atoms with Crippen LogP contribution in [0.15, 0.2) is 48.5 Å². The van der Waals surface area contributed by atoms with E-state index in [1.807, 2.05) is 43.3 Å². The Bertz CT molecular complexity index is 1090. The molecular weight excluding hydrogens is 417 g/mol. The average Bonchev–Trinajstić information content (AvgIpc) is 2.75. The van der Waals surface area contributed by atoms with Crippen molar-refractivity contribution in [2.75, 3.05) is 44.1 Å². The first-order valence-electron chi connectivity index (χ1n) is 9.68. The minimum absolute atomic E-state index is 0.102. The van der Waals surface area contributed by atoms with Gasteiger partial charge in [0, 0.05) is 17.8 Å². The van der Waals surface area contributed by atoms with Crippen LogP contribution >= 0.6 is 0 Å². The molecule has 0 fully saturated rings. The molecule has 0 amide bonds. The van der Waals surface area contributed by atoms with E-state index < -0.39 is 16.4 Å². The largest absolute Gasteiger partial charge is 0.496 e. The van der Waals surface area contributed by atoms with Crippen LogP contribution in [-0.4, -0.2) is 47.5 Å². The quantitative estimate of drug-likeness (QED) is 0.337. The molecule has 4 N–H and O–H groups in total. The fourth-order valence-corrected chi connectivity index (χ4v) is 3.19. The van der Waals surface area contributed by atoms with Crippen LogP contribution in [0.1, 0.15) is 11.6 Å². The van der Waals surface area contributed by atoms with Gasteiger partial charge in [0.25, 0.3) is 0 Å². The number of para-hydroxylation sites is 1. The smallest absolute Gasteiger partial charge is 0.353 e. The Balaban J connectivity index is 1.89. The second kappa shape index (κ2) is 9.88. The fourth-order valence-electron chi connectivity index (χ4n) is 3.19. The summed E-state index contributed by atoms with van der Waals surface area (Å²) in [5.74, 6) is 0.0158. The van der Waals surface area contributed by atoms with Crippen molar-refractivity contribution in [2.45, 2.75) is 6.04 Å². The van der Waals surface area contributed by atoms with Crippen LogP contribution in [0.4, 0.5) is 33.3 Å². The highest BCUT2D eigenvalue weighted by Gasteiger charge is 2.24. The van der Waals surface area contributed by atoms with Crippen molar-refractivity contribution in [3.63, 3.8) is 0 Å². The molecule has 10 nitrogen and oxygen atoms in total. The van der Waals surface area contributed by atoms with Gasteiger partial charge in [0.1, 0.15) is 11.6 Å². The number of aromatic nitrogens is 2. The number of ether oxygens (including phenoxy) is 1. The number of halogens is 1. The summed E-state index contributed by atoms with van der Waals surface area (Å²) >= 11 is 0. The molecule has 2 aromatic carbocycles. The van der Waals surface area contributed by atoms with E-state index in [0.717, 1.165) is 11.3 Å². The molecule has 1 aromatic heterocycles. The Kier molecular flexibility index (Phi) is 7.00. The Morgan fingerprint density at radius 3 is 2.50 bits per heavy atom. The number of hydrogen-bond acceptors (Lipinski definition) is 9. The van der Waals surface area contributed by atoms with Crippen molar-refractivity contribution in [3.8, 4) is 5.75 Å². The normalized spacial score (nSPS) is 11.8. The number of methoxy groups -OCH3 is 1. The van der Waals surface area contributed by atoms with E-state index in [9.17, 15) is 14.5 Å². The van der Waals surface area contributed by atoms with Crippen LogP contribution in [-0.2, 0) is 0 Å². The Hall–Kier alpha value is -3.99. The van der Waals surface area contributed by atoms with Crippen molar-refractivity contribution < 1.29 is 14.1 Å². The molecule has 3 aromatic rings. The third kappa shape index (κ3) is 5.19. The minimum atomic E-state index is -0.664. The highest BCUT2D eigenvalue weighted by Crippen LogP contribution is 2.32. The first kappa shape index (κ1) is 22.7. The minimum Gasteiger partial charge on any atom is -0.496 e. The van der Waals surface area contributed by atoms with Gasteiger partial charge in [0.15, 0.2) is 0 Å². The Labute approximate surface area is 184 Å². The SMILES string of the molecule is COc1ccccc1C(CNc1nc(N)c([N+](=O)[O-])c(Nc2ccc(F)cc2)n1)N(C)C. The summed E-state index contributed by atoms with van der Waals surface area (Å²) in [7, 11) is 5.45. The van der Waals surface area contributed by atoms with Gasteiger partial charge in [-0.1, -0.05) is 18.2 Å². The summed E-state index contributed by atoms with van der Waals surface area (Å²) in [5, 5.41) is 17.4. The van der Waals surface area contributed by atoms with E-state index in [0.29, 0.717) is 12.2 Å². The fraction of sp³-hybridized carbons (Fsp3) is 0.238. The molecule has 1 unspecified atom stereocenters. The van der Waals surface area contributed by atoms with E-state index in [-0.39, 0.29) is 23.6 Å². The Morgan fingerprint density at radius 2 is 1.88 bits per heavy atom. The molecule has 0 spiro atoms. The first-order chi connectivity index (χ1) is 15.3. The predicted molar refractivity (Wildman–Crippen MR) is 121 cm³/mol. The van der Waals surface area contributed by atoms with Crippen LogP contribution in [0.3, 0.4) is 0 Å². The number of rotatable bonds is 9. The second-order valence-corrected chi connectivity index (χ2v) is 7.12. The van der Waals surface area contributed by atoms with E-state index in [4.69, 9.17) is 10.5 Å². The van der Waals surface area contributed by atoms with Crippen LogP contribution in [0.25, 0.3) is 0 Å². The third-order valence-corrected chi connectivity index (χ3v) is 4.78. The zero-order valence-corrected chi connectivity index (χ0v) is 17.9. The molecule has 0 aliphatic rings. The van der Waals surface area contributed by atoms with E-state index >= 15 is 0 Å². The maximum atomic E-state index is 13.2. The molecule has 0 aliphatic heterocycles. The maximum absolute atomic E-state index is 13.2. The van der Waals surface area contributed by atoms with Gasteiger partial charge in [-0.15, -0.1) is 0 Å². The number of nitrogens with zero attached hydrogens (tertiary/aromatic N) is 4. The number of nitro groups is 1. The lowest BCUT2D eigenvalue weighted by Gasteiger charge is -2.26. The van der Waals surface area contributed by atoms with Gasteiger partial charge in [-0.05, 0) is 44.4 Å². The van der Waals surface area contributed by atoms with Crippen molar-refractivity contribution in [2.24, 2.45) is 0 Å². The lowest BCUT2D eigenvalue weighted by atomic mass is 10.0. The van der Waals surface area contributed by atoms with Crippen LogP contribution in [0.2, 0.25) is 0 Å². The van der Waals surface area contributed by atoms with Crippen LogP contribution in [0, 0.1) is 15.9 Å². The zero-order valence-electron chi connectivity index (χ0n) is 17.9. The van der Waals surface area contributed by atoms with Gasteiger partial charge in [-0.25, -0.2) is 4.39 Å². The van der Waals surface area contributed by atoms with E-state index in [1.165, 1.54) is 24.3 Å². The Morgan fingerprint density at radius 1 is 1.19 bits per heavy atom. The van der Waals surface area contributed by atoms with Crippen LogP contribution < -0.4 is 21.1 Å².